The molecular formula is C32H34ClF3N4O9. The number of phenols is 1. The number of aromatic hydroxyl groups is 1. The molecule has 6 atom stereocenters. The third kappa shape index (κ3) is 5.77. The number of Topliss-reactive ketones (excluding diaryl/α,β-unsaturated/α-hetero) is 2. The van der Waals surface area contributed by atoms with Crippen molar-refractivity contribution in [2.24, 2.45) is 17.6 Å². The van der Waals surface area contributed by atoms with Gasteiger partial charge in [0.1, 0.15) is 22.8 Å². The van der Waals surface area contributed by atoms with Crippen LogP contribution in [0, 0.1) is 11.8 Å². The fourth-order valence-corrected chi connectivity index (χ4v) is 7.03. The Bertz CT molecular complexity index is 1830. The number of fused-ring (bicyclic) bond motifs is 3. The number of likely N-dealkylation sites (N-methyl/N-ethyl adjacent to an activating group) is 1. The van der Waals surface area contributed by atoms with Crippen LogP contribution in [0.2, 0.25) is 5.02 Å². The van der Waals surface area contributed by atoms with E-state index in [0.717, 1.165) is 12.1 Å². The van der Waals surface area contributed by atoms with Crippen LogP contribution < -0.4 is 16.4 Å². The molecule has 3 amide bonds. The molecule has 13 nitrogen and oxygen atoms in total. The van der Waals surface area contributed by atoms with Gasteiger partial charge in [0.25, 0.3) is 5.91 Å². The molecule has 0 aliphatic heterocycles. The predicted octanol–water partition coefficient (Wildman–Crippen LogP) is 3.84. The summed E-state index contributed by atoms with van der Waals surface area (Å²) in [4.78, 5) is 53.5. The SMILES string of the molecule is CC.C[C@H]1c2ccc(NC(=O)Nc3ccc(Cl)cc3C(F)(F)F)c(O)c2C(O)=C2C(=O)[C@]3(O)C(O)=C(C(N)=O)C(=O)[C@@H](N(C)C)[C@@H]3[C@@H](O)[C@@H]21. The van der Waals surface area contributed by atoms with Crippen molar-refractivity contribution in [1.29, 1.82) is 0 Å². The average molecular weight is 711 g/mol. The molecule has 1 saturated carbocycles. The van der Waals surface area contributed by atoms with Crippen molar-refractivity contribution in [2.45, 2.75) is 50.6 Å². The Balaban J connectivity index is 0.00000265. The molecule has 1 fully saturated rings. The van der Waals surface area contributed by atoms with E-state index in [1.54, 1.807) is 0 Å². The van der Waals surface area contributed by atoms with Crippen LogP contribution in [0.3, 0.4) is 0 Å². The lowest BCUT2D eigenvalue weighted by Gasteiger charge is -2.53. The zero-order valence-corrected chi connectivity index (χ0v) is 27.4. The number of primary amides is 1. The largest absolute Gasteiger partial charge is 0.508 e. The van der Waals surface area contributed by atoms with Gasteiger partial charge >= 0.3 is 12.2 Å². The number of hydrogen-bond donors (Lipinski definition) is 8. The molecule has 2 aromatic rings. The molecule has 0 bridgehead atoms. The predicted molar refractivity (Wildman–Crippen MR) is 171 cm³/mol. The number of halogens is 4. The maximum Gasteiger partial charge on any atom is 0.418 e. The topological polar surface area (TPSA) is 223 Å². The summed E-state index contributed by atoms with van der Waals surface area (Å²) in [5.74, 6) is -11.1. The number of carbonyl (C=O) groups excluding carboxylic acids is 4. The highest BCUT2D eigenvalue weighted by Gasteiger charge is 2.68. The molecule has 0 saturated heterocycles. The number of urea groups is 1. The molecule has 264 valence electrons. The number of carbonyl (C=O) groups is 4. The highest BCUT2D eigenvalue weighted by Crippen LogP contribution is 2.56. The van der Waals surface area contributed by atoms with Gasteiger partial charge in [0, 0.05) is 16.5 Å². The molecule has 5 rings (SSSR count). The number of benzene rings is 2. The molecule has 3 aliphatic carbocycles. The molecule has 0 aromatic heterocycles. The van der Waals surface area contributed by atoms with Gasteiger partial charge in [-0.25, -0.2) is 4.79 Å². The van der Waals surface area contributed by atoms with Crippen LogP contribution in [-0.4, -0.2) is 85.8 Å². The zero-order valence-electron chi connectivity index (χ0n) is 26.7. The first-order valence-corrected chi connectivity index (χ1v) is 15.3. The smallest absolute Gasteiger partial charge is 0.418 e. The minimum atomic E-state index is -4.88. The minimum Gasteiger partial charge on any atom is -0.508 e. The monoisotopic (exact) mass is 710 g/mol. The minimum absolute atomic E-state index is 0.148. The van der Waals surface area contributed by atoms with Gasteiger partial charge in [-0.2, -0.15) is 13.2 Å². The number of aliphatic hydroxyl groups is 4. The van der Waals surface area contributed by atoms with Gasteiger partial charge in [-0.05, 0) is 49.8 Å². The van der Waals surface area contributed by atoms with Crippen molar-refractivity contribution >= 4 is 52.2 Å². The second kappa shape index (κ2) is 13.0. The number of aliphatic hydroxyl groups excluding tert-OH is 3. The Morgan fingerprint density at radius 2 is 1.59 bits per heavy atom. The molecular weight excluding hydrogens is 677 g/mol. The summed E-state index contributed by atoms with van der Waals surface area (Å²) in [5, 5.41) is 60.9. The van der Waals surface area contributed by atoms with E-state index in [0.29, 0.717) is 6.07 Å². The maximum atomic E-state index is 14.1. The van der Waals surface area contributed by atoms with Gasteiger partial charge < -0.3 is 41.9 Å². The second-order valence-electron chi connectivity index (χ2n) is 11.7. The summed E-state index contributed by atoms with van der Waals surface area (Å²) < 4.78 is 40.5. The van der Waals surface area contributed by atoms with Gasteiger partial charge in [-0.15, -0.1) is 0 Å². The first-order valence-electron chi connectivity index (χ1n) is 14.9. The van der Waals surface area contributed by atoms with Gasteiger partial charge in [0.2, 0.25) is 5.78 Å². The van der Waals surface area contributed by atoms with E-state index >= 15 is 0 Å². The number of alkyl halides is 3. The van der Waals surface area contributed by atoms with Crippen molar-refractivity contribution in [1.82, 2.24) is 4.90 Å². The quantitative estimate of drug-likeness (QED) is 0.169. The van der Waals surface area contributed by atoms with Crippen LogP contribution in [0.1, 0.15) is 43.4 Å². The molecule has 9 N–H and O–H groups in total. The van der Waals surface area contributed by atoms with E-state index in [1.165, 1.54) is 38.1 Å². The van der Waals surface area contributed by atoms with Gasteiger partial charge in [0.15, 0.2) is 11.4 Å². The standard InChI is InChI=1S/C30H28ClF3N4O9.C2H6/c1-9-11-5-7-14(37-28(46)36-13-6-4-10(31)8-12(13)30(32,33)34)21(39)16(11)22(40)17-15(9)23(41)19-20(38(2)3)24(42)18(27(35)45)26(44)29(19,47)25(17)43;1-2/h4-9,15,19-20,23,39-41,44,47H,1-3H3,(H2,35,45)(H2,36,37,46);1-2H3/t9-,15+,19+,20-,23-,29-;/m0./s1. The third-order valence-electron chi connectivity index (χ3n) is 8.91. The highest BCUT2D eigenvalue weighted by molar-refractivity contribution is 6.30. The summed E-state index contributed by atoms with van der Waals surface area (Å²) in [5.41, 5.74) is -2.16. The van der Waals surface area contributed by atoms with Crippen LogP contribution in [0.25, 0.3) is 5.76 Å². The summed E-state index contributed by atoms with van der Waals surface area (Å²) in [6.07, 6.45) is -6.69. The van der Waals surface area contributed by atoms with E-state index in [2.05, 4.69) is 5.32 Å². The van der Waals surface area contributed by atoms with Gasteiger partial charge in [-0.1, -0.05) is 38.4 Å². The molecule has 3 aliphatic rings. The zero-order chi connectivity index (χ0) is 37.1. The molecule has 0 radical (unpaired) electrons. The first kappa shape index (κ1) is 37.2. The summed E-state index contributed by atoms with van der Waals surface area (Å²) in [6, 6.07) is 2.36. The van der Waals surface area contributed by atoms with Crippen molar-refractivity contribution < 1.29 is 57.9 Å². The Labute approximate surface area is 282 Å². The van der Waals surface area contributed by atoms with Crippen LogP contribution in [0.15, 0.2) is 47.2 Å². The van der Waals surface area contributed by atoms with Crippen LogP contribution in [-0.2, 0) is 20.6 Å². The van der Waals surface area contributed by atoms with Crippen molar-refractivity contribution in [3.05, 3.63) is 69.0 Å². The molecule has 0 spiro atoms. The van der Waals surface area contributed by atoms with Crippen molar-refractivity contribution in [3.63, 3.8) is 0 Å². The van der Waals surface area contributed by atoms with Crippen LogP contribution >= 0.6 is 11.6 Å². The van der Waals surface area contributed by atoms with E-state index in [-0.39, 0.29) is 10.6 Å². The fraction of sp³-hybridized carbons (Fsp3) is 0.375. The molecule has 0 heterocycles. The number of nitrogens with zero attached hydrogens (tertiary/aromatic N) is 1. The van der Waals surface area contributed by atoms with E-state index < -0.39 is 116 Å². The normalized spacial score (nSPS) is 26.3. The van der Waals surface area contributed by atoms with Gasteiger partial charge in [0.05, 0.1) is 40.6 Å². The van der Waals surface area contributed by atoms with E-state index in [9.17, 15) is 57.9 Å². The number of phenolic OH excluding ortho intramolecular Hbond substituents is 1. The Morgan fingerprint density at radius 3 is 2.14 bits per heavy atom. The fourth-order valence-electron chi connectivity index (χ4n) is 6.85. The molecule has 0 unspecified atom stereocenters. The number of hydrogen-bond acceptors (Lipinski definition) is 10. The van der Waals surface area contributed by atoms with E-state index in [4.69, 9.17) is 17.3 Å². The highest BCUT2D eigenvalue weighted by atomic mass is 35.5. The lowest BCUT2D eigenvalue weighted by atomic mass is 9.54. The summed E-state index contributed by atoms with van der Waals surface area (Å²) >= 11 is 5.67. The first-order chi connectivity index (χ1) is 22.7. The second-order valence-corrected chi connectivity index (χ2v) is 12.2. The lowest BCUT2D eigenvalue weighted by Crippen LogP contribution is -2.70. The molecule has 2 aromatic carbocycles. The number of nitrogens with one attached hydrogen (secondary N) is 2. The van der Waals surface area contributed by atoms with E-state index in [1.807, 2.05) is 19.2 Å². The number of ketones is 2. The number of anilines is 2. The maximum absolute atomic E-state index is 14.1. The number of rotatable bonds is 4. The summed E-state index contributed by atoms with van der Waals surface area (Å²) in [6.45, 7) is 5.51. The Hall–Kier alpha value is -4.64. The average Bonchev–Trinajstić information content (AvgIpc) is 3.01. The van der Waals surface area contributed by atoms with Gasteiger partial charge in [-0.3, -0.25) is 19.3 Å². The van der Waals surface area contributed by atoms with Crippen molar-refractivity contribution in [2.75, 3.05) is 24.7 Å². The molecule has 17 heteroatoms. The Morgan fingerprint density at radius 1 is 1.02 bits per heavy atom. The van der Waals surface area contributed by atoms with Crippen molar-refractivity contribution in [3.8, 4) is 5.75 Å². The number of nitrogens with two attached hydrogens (primary N) is 1. The lowest BCUT2D eigenvalue weighted by molar-refractivity contribution is -0.169. The Kier molecular flexibility index (Phi) is 9.87. The number of amides is 3. The molecule has 49 heavy (non-hydrogen) atoms. The van der Waals surface area contributed by atoms with Crippen LogP contribution in [0.4, 0.5) is 29.3 Å². The van der Waals surface area contributed by atoms with Crippen LogP contribution in [0.5, 0.6) is 5.75 Å². The third-order valence-corrected chi connectivity index (χ3v) is 9.15. The summed E-state index contributed by atoms with van der Waals surface area (Å²) in [7, 11) is 2.76.